The first kappa shape index (κ1) is 45.6. The molecule has 58 heavy (non-hydrogen) atoms. The molecule has 0 fully saturated rings. The number of carbonyl (C=O) groups excluding carboxylic acids is 3. The van der Waals surface area contributed by atoms with E-state index in [1.807, 2.05) is 0 Å². The highest BCUT2D eigenvalue weighted by atomic mass is 32.2. The Hall–Kier alpha value is -5.06. The first-order valence-corrected chi connectivity index (χ1v) is 19.7. The molecule has 0 saturated heterocycles. The van der Waals surface area contributed by atoms with Crippen molar-refractivity contribution in [2.75, 3.05) is 118 Å². The summed E-state index contributed by atoms with van der Waals surface area (Å²) in [7, 11) is -2.95. The molecule has 0 radical (unpaired) electrons. The fourth-order valence-corrected chi connectivity index (χ4v) is 6.25. The number of nitrogens with zero attached hydrogens (tertiary/aromatic N) is 3. The fourth-order valence-electron chi connectivity index (χ4n) is 4.86. The van der Waals surface area contributed by atoms with Crippen LogP contribution in [0.15, 0.2) is 83.8 Å². The van der Waals surface area contributed by atoms with Gasteiger partial charge >= 0.3 is 12.1 Å². The molecule has 1 aromatic carbocycles. The zero-order valence-electron chi connectivity index (χ0n) is 32.1. The Kier molecular flexibility index (Phi) is 20.5. The number of sulfonamides is 1. The summed E-state index contributed by atoms with van der Waals surface area (Å²) in [5.74, 6) is -1.43. The maximum Gasteiger partial charge on any atom is 0.514 e. The number of benzene rings is 1. The van der Waals surface area contributed by atoms with Gasteiger partial charge in [0.2, 0.25) is 0 Å². The number of hydrogen-bond donors (Lipinski definition) is 1. The van der Waals surface area contributed by atoms with Crippen LogP contribution in [-0.4, -0.2) is 153 Å². The van der Waals surface area contributed by atoms with Crippen molar-refractivity contribution >= 4 is 39.6 Å². The zero-order chi connectivity index (χ0) is 41.3. The summed E-state index contributed by atoms with van der Waals surface area (Å²) >= 11 is 0. The third-order valence-corrected chi connectivity index (χ3v) is 9.46. The SMILES string of the molecule is CN1C(C(=O)Nc2ccccn2)=C(OC(=O)OCCOCCOCCOCCOCCOCCOCCOCCOC(=O)c2cccnc2)c2ccccc2S1(=O)=O. The van der Waals surface area contributed by atoms with Crippen molar-refractivity contribution in [3.05, 3.63) is 90.0 Å². The average Bonchev–Trinajstić information content (AvgIpc) is 3.23. The van der Waals surface area contributed by atoms with Crippen LogP contribution in [0.2, 0.25) is 0 Å². The summed E-state index contributed by atoms with van der Waals surface area (Å²) in [5.41, 5.74) is -0.00865. The van der Waals surface area contributed by atoms with Crippen molar-refractivity contribution in [2.24, 2.45) is 0 Å². The second-order valence-corrected chi connectivity index (χ2v) is 13.6. The van der Waals surface area contributed by atoms with E-state index >= 15 is 0 Å². The van der Waals surface area contributed by atoms with Gasteiger partial charge in [-0.3, -0.25) is 14.1 Å². The van der Waals surface area contributed by atoms with Crippen molar-refractivity contribution < 1.29 is 70.2 Å². The van der Waals surface area contributed by atoms with Crippen molar-refractivity contribution in [3.63, 3.8) is 0 Å². The lowest BCUT2D eigenvalue weighted by molar-refractivity contribution is -0.113. The third kappa shape index (κ3) is 15.7. The predicted molar refractivity (Wildman–Crippen MR) is 204 cm³/mol. The van der Waals surface area contributed by atoms with E-state index in [-0.39, 0.29) is 61.7 Å². The van der Waals surface area contributed by atoms with E-state index in [0.29, 0.717) is 71.6 Å². The van der Waals surface area contributed by atoms with E-state index in [2.05, 4.69) is 15.3 Å². The summed E-state index contributed by atoms with van der Waals surface area (Å²) in [6, 6.07) is 14.0. The topological polar surface area (TPSA) is 219 Å². The van der Waals surface area contributed by atoms with Crippen LogP contribution >= 0.6 is 0 Å². The van der Waals surface area contributed by atoms with Gasteiger partial charge in [-0.05, 0) is 36.4 Å². The molecule has 3 aromatic rings. The molecule has 0 saturated carbocycles. The molecule has 0 bridgehead atoms. The van der Waals surface area contributed by atoms with Crippen LogP contribution in [0.4, 0.5) is 10.6 Å². The number of nitrogens with one attached hydrogen (secondary N) is 1. The number of rotatable bonds is 28. The van der Waals surface area contributed by atoms with Gasteiger partial charge in [-0.15, -0.1) is 0 Å². The maximum absolute atomic E-state index is 13.3. The molecule has 1 N–H and O–H groups in total. The average molecular weight is 833 g/mol. The van der Waals surface area contributed by atoms with E-state index in [4.69, 9.17) is 47.4 Å². The summed E-state index contributed by atoms with van der Waals surface area (Å²) in [4.78, 5) is 45.5. The minimum absolute atomic E-state index is 0.0229. The highest BCUT2D eigenvalue weighted by Gasteiger charge is 2.40. The molecule has 1 amide bonds. The van der Waals surface area contributed by atoms with E-state index in [0.717, 1.165) is 4.31 Å². The van der Waals surface area contributed by atoms with Gasteiger partial charge in [0.1, 0.15) is 19.0 Å². The summed E-state index contributed by atoms with van der Waals surface area (Å²) in [6.07, 6.45) is 3.32. The monoisotopic (exact) mass is 832 g/mol. The Balaban J connectivity index is 0.947. The van der Waals surface area contributed by atoms with Crippen LogP contribution in [0.3, 0.4) is 0 Å². The normalized spacial score (nSPS) is 13.2. The van der Waals surface area contributed by atoms with Gasteiger partial charge in [0.05, 0.1) is 103 Å². The number of amides is 1. The molecule has 2 aromatic heterocycles. The molecule has 316 valence electrons. The molecule has 0 spiro atoms. The number of aromatic nitrogens is 2. The minimum atomic E-state index is -4.13. The van der Waals surface area contributed by atoms with Gasteiger partial charge in [0, 0.05) is 31.2 Å². The Morgan fingerprint density at radius 2 is 1.14 bits per heavy atom. The Labute approximate surface area is 336 Å². The highest BCUT2D eigenvalue weighted by molar-refractivity contribution is 7.89. The molecule has 0 aliphatic carbocycles. The summed E-state index contributed by atoms with van der Waals surface area (Å²) in [6.45, 7) is 4.72. The van der Waals surface area contributed by atoms with Gasteiger partial charge < -0.3 is 52.7 Å². The number of fused-ring (bicyclic) bond motifs is 1. The first-order chi connectivity index (χ1) is 28.3. The van der Waals surface area contributed by atoms with Gasteiger partial charge in [0.15, 0.2) is 11.5 Å². The van der Waals surface area contributed by atoms with Crippen molar-refractivity contribution in [1.82, 2.24) is 14.3 Å². The van der Waals surface area contributed by atoms with Crippen molar-refractivity contribution in [3.8, 4) is 0 Å². The molecule has 0 unspecified atom stereocenters. The molecular formula is C38H48N4O15S. The molecule has 3 heterocycles. The molecule has 19 nitrogen and oxygen atoms in total. The van der Waals surface area contributed by atoms with E-state index in [9.17, 15) is 22.8 Å². The molecule has 4 rings (SSSR count). The quantitative estimate of drug-likeness (QED) is 0.0821. The minimum Gasteiger partial charge on any atom is -0.460 e. The largest absolute Gasteiger partial charge is 0.514 e. The van der Waals surface area contributed by atoms with E-state index in [1.54, 1.807) is 36.5 Å². The smallest absolute Gasteiger partial charge is 0.460 e. The predicted octanol–water partition coefficient (Wildman–Crippen LogP) is 2.54. The van der Waals surface area contributed by atoms with Gasteiger partial charge in [0.25, 0.3) is 15.9 Å². The number of anilines is 1. The summed E-state index contributed by atoms with van der Waals surface area (Å²) in [5, 5.41) is 2.52. The third-order valence-electron chi connectivity index (χ3n) is 7.64. The highest BCUT2D eigenvalue weighted by Crippen LogP contribution is 2.37. The molecule has 1 aliphatic heterocycles. The number of hydrogen-bond acceptors (Lipinski definition) is 17. The van der Waals surface area contributed by atoms with Crippen molar-refractivity contribution in [1.29, 1.82) is 0 Å². The van der Waals surface area contributed by atoms with E-state index < -0.39 is 33.8 Å². The lowest BCUT2D eigenvalue weighted by Gasteiger charge is -2.29. The number of ether oxygens (including phenoxy) is 10. The Bertz CT molecular complexity index is 1840. The van der Waals surface area contributed by atoms with Crippen LogP contribution in [0.25, 0.3) is 5.76 Å². The molecule has 1 aliphatic rings. The number of carbonyl (C=O) groups is 3. The molecular weight excluding hydrogens is 784 g/mol. The van der Waals surface area contributed by atoms with Crippen LogP contribution in [0, 0.1) is 0 Å². The first-order valence-electron chi connectivity index (χ1n) is 18.3. The lowest BCUT2D eigenvalue weighted by atomic mass is 10.1. The number of esters is 1. The standard InChI is InChI=1S/C38H48N4O15S/c1-42-34(36(43)41-33-10-4-5-12-40-33)35(31-8-2-3-9-32(31)58(42,46)47)57-38(45)56-28-26-54-24-22-52-20-18-50-16-14-48-13-15-49-17-19-51-21-23-53-25-27-55-37(44)30-7-6-11-39-29-30/h2-12,29H,13-28H2,1H3,(H,40,41,43). The second kappa shape index (κ2) is 26.0. The fraction of sp³-hybridized carbons (Fsp3) is 0.447. The summed E-state index contributed by atoms with van der Waals surface area (Å²) < 4.78 is 80.8. The molecule has 20 heteroatoms. The van der Waals surface area contributed by atoms with Crippen LogP contribution < -0.4 is 5.32 Å². The number of likely N-dealkylation sites (N-methyl/N-ethyl adjacent to an activating group) is 1. The Morgan fingerprint density at radius 3 is 1.66 bits per heavy atom. The second-order valence-electron chi connectivity index (χ2n) is 11.7. The Morgan fingerprint density at radius 1 is 0.621 bits per heavy atom. The maximum atomic E-state index is 13.3. The van der Waals surface area contributed by atoms with Gasteiger partial charge in [-0.1, -0.05) is 18.2 Å². The van der Waals surface area contributed by atoms with Gasteiger partial charge in [-0.2, -0.15) is 0 Å². The van der Waals surface area contributed by atoms with E-state index in [1.165, 1.54) is 43.7 Å². The van der Waals surface area contributed by atoms with Gasteiger partial charge in [-0.25, -0.2) is 23.0 Å². The zero-order valence-corrected chi connectivity index (χ0v) is 32.9. The van der Waals surface area contributed by atoms with Crippen LogP contribution in [0.1, 0.15) is 15.9 Å². The van der Waals surface area contributed by atoms with Crippen LogP contribution in [-0.2, 0) is 62.2 Å². The number of pyridine rings is 2. The van der Waals surface area contributed by atoms with Crippen molar-refractivity contribution in [2.45, 2.75) is 4.90 Å². The molecule has 0 atom stereocenters. The lowest BCUT2D eigenvalue weighted by Crippen LogP contribution is -2.38. The van der Waals surface area contributed by atoms with Crippen LogP contribution in [0.5, 0.6) is 0 Å².